The molecule has 3 fully saturated rings. The van der Waals surface area contributed by atoms with E-state index in [4.69, 9.17) is 4.74 Å². The van der Waals surface area contributed by atoms with Crippen molar-refractivity contribution in [3.8, 4) is 11.3 Å². The van der Waals surface area contributed by atoms with Crippen molar-refractivity contribution in [3.63, 3.8) is 0 Å². The maximum Gasteiger partial charge on any atom is 0.251 e. The van der Waals surface area contributed by atoms with Gasteiger partial charge < -0.3 is 30.5 Å². The average molecular weight is 542 g/mol. The predicted molar refractivity (Wildman–Crippen MR) is 155 cm³/mol. The molecular weight excluding hydrogens is 506 g/mol. The minimum atomic E-state index is -0.247. The summed E-state index contributed by atoms with van der Waals surface area (Å²) >= 11 is 0. The number of aromatic nitrogens is 2. The molecule has 0 saturated carbocycles. The van der Waals surface area contributed by atoms with Crippen LogP contribution in [-0.4, -0.2) is 78.2 Å². The molecule has 10 nitrogen and oxygen atoms in total. The van der Waals surface area contributed by atoms with Crippen molar-refractivity contribution < 1.29 is 14.3 Å². The number of rotatable bonds is 7. The highest BCUT2D eigenvalue weighted by Gasteiger charge is 2.30. The van der Waals surface area contributed by atoms with E-state index in [-0.39, 0.29) is 24.0 Å². The Morgan fingerprint density at radius 2 is 1.68 bits per heavy atom. The predicted octanol–water partition coefficient (Wildman–Crippen LogP) is 3.41. The van der Waals surface area contributed by atoms with Crippen LogP contribution in [-0.2, 0) is 14.3 Å². The van der Waals surface area contributed by atoms with Crippen LogP contribution in [0.1, 0.15) is 25.7 Å². The van der Waals surface area contributed by atoms with Crippen molar-refractivity contribution in [1.82, 2.24) is 20.2 Å². The lowest BCUT2D eigenvalue weighted by Gasteiger charge is -2.37. The Labute approximate surface area is 234 Å². The van der Waals surface area contributed by atoms with Crippen LogP contribution in [0.5, 0.6) is 0 Å². The van der Waals surface area contributed by atoms with Gasteiger partial charge in [0.25, 0.3) is 5.91 Å². The van der Waals surface area contributed by atoms with Gasteiger partial charge in [-0.1, -0.05) is 12.1 Å². The Balaban J connectivity index is 1.03. The van der Waals surface area contributed by atoms with E-state index in [1.807, 2.05) is 47.4 Å². The van der Waals surface area contributed by atoms with Crippen molar-refractivity contribution in [1.29, 1.82) is 0 Å². The molecule has 3 aliphatic heterocycles. The Morgan fingerprint density at radius 1 is 0.900 bits per heavy atom. The molecule has 3 saturated heterocycles. The highest BCUT2D eigenvalue weighted by molar-refractivity contribution is 5.95. The molecule has 1 aromatic heterocycles. The van der Waals surface area contributed by atoms with E-state index in [9.17, 15) is 9.59 Å². The molecule has 0 unspecified atom stereocenters. The van der Waals surface area contributed by atoms with Gasteiger partial charge in [0.2, 0.25) is 11.9 Å². The largest absolute Gasteiger partial charge is 0.368 e. The summed E-state index contributed by atoms with van der Waals surface area (Å²) in [5.41, 5.74) is 4.52. The summed E-state index contributed by atoms with van der Waals surface area (Å²) in [6.45, 7) is 4.61. The molecule has 3 aliphatic rings. The van der Waals surface area contributed by atoms with Crippen molar-refractivity contribution in [2.75, 3.05) is 54.9 Å². The molecule has 4 heterocycles. The number of ether oxygens (including phenoxy) is 1. The fourth-order valence-electron chi connectivity index (χ4n) is 5.49. The number of nitrogens with one attached hydrogen (secondary N) is 3. The molecule has 0 spiro atoms. The highest BCUT2D eigenvalue weighted by atomic mass is 16.5. The highest BCUT2D eigenvalue weighted by Crippen LogP contribution is 2.24. The summed E-state index contributed by atoms with van der Waals surface area (Å²) in [4.78, 5) is 38.3. The van der Waals surface area contributed by atoms with Crippen molar-refractivity contribution in [3.05, 3.63) is 60.8 Å². The second-order valence-electron chi connectivity index (χ2n) is 10.5. The lowest BCUT2D eigenvalue weighted by Crippen LogP contribution is -2.51. The number of amides is 2. The fourth-order valence-corrected chi connectivity index (χ4v) is 5.49. The van der Waals surface area contributed by atoms with E-state index in [0.29, 0.717) is 25.6 Å². The molecule has 2 aromatic carbocycles. The first-order chi connectivity index (χ1) is 19.6. The maximum atomic E-state index is 12.6. The number of carbonyl (C=O) groups excluding carboxylic acids is 2. The number of anilines is 4. The van der Waals surface area contributed by atoms with Crippen LogP contribution in [0.2, 0.25) is 0 Å². The molecule has 208 valence electrons. The first-order valence-corrected chi connectivity index (χ1v) is 14.1. The SMILES string of the molecule is O=C(Nc1ccc(-c2ccnc(Nc3ccc(N4CCN(C(=O)[C@H]5CCCO5)CC4)cc3)n2)cc1)[C@H]1CCCN1. The van der Waals surface area contributed by atoms with Crippen LogP contribution in [0.15, 0.2) is 60.8 Å². The van der Waals surface area contributed by atoms with Gasteiger partial charge in [0.1, 0.15) is 6.10 Å². The number of hydrogen-bond acceptors (Lipinski definition) is 8. The van der Waals surface area contributed by atoms with E-state index < -0.39 is 0 Å². The number of piperazine rings is 1. The zero-order valence-electron chi connectivity index (χ0n) is 22.5. The summed E-state index contributed by atoms with van der Waals surface area (Å²) in [6.07, 6.45) is 5.20. The van der Waals surface area contributed by atoms with Crippen LogP contribution in [0.3, 0.4) is 0 Å². The number of carbonyl (C=O) groups is 2. The van der Waals surface area contributed by atoms with E-state index >= 15 is 0 Å². The minimum absolute atomic E-state index is 0.0107. The summed E-state index contributed by atoms with van der Waals surface area (Å²) in [6, 6.07) is 17.7. The summed E-state index contributed by atoms with van der Waals surface area (Å²) < 4.78 is 5.57. The summed E-state index contributed by atoms with van der Waals surface area (Å²) in [5.74, 6) is 0.659. The van der Waals surface area contributed by atoms with Crippen LogP contribution in [0.4, 0.5) is 23.0 Å². The Kier molecular flexibility index (Phi) is 7.87. The monoisotopic (exact) mass is 541 g/mol. The topological polar surface area (TPSA) is 112 Å². The quantitative estimate of drug-likeness (QED) is 0.417. The molecule has 40 heavy (non-hydrogen) atoms. The van der Waals surface area contributed by atoms with E-state index in [0.717, 1.165) is 73.6 Å². The first kappa shape index (κ1) is 26.2. The molecular formula is C30H35N7O3. The number of hydrogen-bond donors (Lipinski definition) is 3. The van der Waals surface area contributed by atoms with Gasteiger partial charge in [0.05, 0.1) is 11.7 Å². The van der Waals surface area contributed by atoms with Gasteiger partial charge in [-0.3, -0.25) is 9.59 Å². The first-order valence-electron chi connectivity index (χ1n) is 14.1. The molecule has 0 aliphatic carbocycles. The molecule has 10 heteroatoms. The summed E-state index contributed by atoms with van der Waals surface area (Å²) in [5, 5.41) is 9.49. The Morgan fingerprint density at radius 3 is 2.38 bits per heavy atom. The molecule has 3 N–H and O–H groups in total. The van der Waals surface area contributed by atoms with E-state index in [1.54, 1.807) is 6.20 Å². The van der Waals surface area contributed by atoms with Gasteiger partial charge in [-0.05, 0) is 74.7 Å². The standard InChI is InChI=1S/C30H35N7O3/c38-28(26-3-1-14-31-26)33-22-7-5-21(6-8-22)25-13-15-32-30(35-25)34-23-9-11-24(12-10-23)36-16-18-37(19-17-36)29(39)27-4-2-20-40-27/h5-13,15,26-27,31H,1-4,14,16-20H2,(H,33,38)(H,32,34,35)/t26-,27-/m1/s1. The van der Waals surface area contributed by atoms with Crippen LogP contribution >= 0.6 is 0 Å². The zero-order chi connectivity index (χ0) is 27.3. The van der Waals surface area contributed by atoms with Crippen molar-refractivity contribution >= 4 is 34.8 Å². The zero-order valence-corrected chi connectivity index (χ0v) is 22.5. The van der Waals surface area contributed by atoms with Gasteiger partial charge in [0.15, 0.2) is 0 Å². The third kappa shape index (κ3) is 6.08. The molecule has 0 radical (unpaired) electrons. The maximum absolute atomic E-state index is 12.6. The minimum Gasteiger partial charge on any atom is -0.368 e. The van der Waals surface area contributed by atoms with Crippen molar-refractivity contribution in [2.45, 2.75) is 37.8 Å². The van der Waals surface area contributed by atoms with Gasteiger partial charge in [0, 0.05) is 61.6 Å². The Hall–Kier alpha value is -4.02. The summed E-state index contributed by atoms with van der Waals surface area (Å²) in [7, 11) is 0. The third-order valence-corrected chi connectivity index (χ3v) is 7.77. The number of nitrogens with zero attached hydrogens (tertiary/aromatic N) is 4. The second kappa shape index (κ2) is 12.0. The normalized spacial score (nSPS) is 20.9. The van der Waals surface area contributed by atoms with Gasteiger partial charge in [-0.25, -0.2) is 9.97 Å². The lowest BCUT2D eigenvalue weighted by atomic mass is 10.1. The molecule has 2 atom stereocenters. The van der Waals surface area contributed by atoms with Gasteiger partial charge in [-0.15, -0.1) is 0 Å². The van der Waals surface area contributed by atoms with Crippen molar-refractivity contribution in [2.24, 2.45) is 0 Å². The van der Waals surface area contributed by atoms with Crippen LogP contribution in [0.25, 0.3) is 11.3 Å². The second-order valence-corrected chi connectivity index (χ2v) is 10.5. The molecule has 0 bridgehead atoms. The van der Waals surface area contributed by atoms with Crippen LogP contribution < -0.4 is 20.9 Å². The Bertz CT molecular complexity index is 1310. The van der Waals surface area contributed by atoms with E-state index in [1.165, 1.54) is 0 Å². The molecule has 3 aromatic rings. The van der Waals surface area contributed by atoms with Crippen LogP contribution in [0, 0.1) is 0 Å². The van der Waals surface area contributed by atoms with E-state index in [2.05, 4.69) is 43.0 Å². The molecule has 6 rings (SSSR count). The molecule has 2 amide bonds. The van der Waals surface area contributed by atoms with Gasteiger partial charge >= 0.3 is 0 Å². The fraction of sp³-hybridized carbons (Fsp3) is 0.400. The average Bonchev–Trinajstić information content (AvgIpc) is 3.74. The third-order valence-electron chi connectivity index (χ3n) is 7.77. The lowest BCUT2D eigenvalue weighted by molar-refractivity contribution is -0.141. The van der Waals surface area contributed by atoms with Gasteiger partial charge in [-0.2, -0.15) is 0 Å². The number of benzene rings is 2. The smallest absolute Gasteiger partial charge is 0.251 e.